The van der Waals surface area contributed by atoms with E-state index in [2.05, 4.69) is 24.3 Å². The first-order chi connectivity index (χ1) is 10.7. The quantitative estimate of drug-likeness (QED) is 0.822. The molecule has 4 nitrogen and oxygen atoms in total. The molecule has 1 amide bonds. The molecular formula is C19H27NO3. The molecule has 1 aromatic rings. The van der Waals surface area contributed by atoms with Crippen LogP contribution in [0.4, 0.5) is 4.79 Å². The molecule has 2 fully saturated rings. The number of amides is 1. The molecule has 1 saturated heterocycles. The summed E-state index contributed by atoms with van der Waals surface area (Å²) in [7, 11) is 0. The first kappa shape index (κ1) is 16.3. The molecule has 126 valence electrons. The van der Waals surface area contributed by atoms with E-state index in [-0.39, 0.29) is 12.1 Å². The van der Waals surface area contributed by atoms with Crippen LogP contribution in [0.2, 0.25) is 0 Å². The van der Waals surface area contributed by atoms with Crippen molar-refractivity contribution in [1.82, 2.24) is 4.90 Å². The summed E-state index contributed by atoms with van der Waals surface area (Å²) in [5.41, 5.74) is 0.242. The summed E-state index contributed by atoms with van der Waals surface area (Å²) in [4.78, 5) is 14.5. The number of carbonyl (C=O) groups is 1. The first-order valence-corrected chi connectivity index (χ1v) is 8.40. The van der Waals surface area contributed by atoms with Crippen LogP contribution in [-0.4, -0.2) is 35.0 Å². The molecule has 0 bridgehead atoms. The summed E-state index contributed by atoms with van der Waals surface area (Å²) in [6.45, 7) is 10.2. The maximum Gasteiger partial charge on any atom is 0.412 e. The van der Waals surface area contributed by atoms with Gasteiger partial charge in [-0.05, 0) is 58.4 Å². The molecule has 3 atom stereocenters. The van der Waals surface area contributed by atoms with Crippen molar-refractivity contribution in [3.8, 4) is 0 Å². The fourth-order valence-corrected chi connectivity index (χ4v) is 3.54. The smallest absolute Gasteiger partial charge is 0.412 e. The topological polar surface area (TPSA) is 38.8 Å². The summed E-state index contributed by atoms with van der Waals surface area (Å²) in [6.07, 6.45) is 0.830. The molecule has 1 heterocycles. The molecule has 0 N–H and O–H groups in total. The van der Waals surface area contributed by atoms with Crippen LogP contribution in [0.5, 0.6) is 0 Å². The lowest BCUT2D eigenvalue weighted by atomic mass is 10.0. The summed E-state index contributed by atoms with van der Waals surface area (Å²) in [5.74, 6) is 0.968. The standard InChI is InChI=1S/C19H27NO3/c1-18(2,3)23-17(21)20-16(12-22-19(20,4)5)15-11-14(15)13-9-7-6-8-10-13/h6-10,14-16H,11-12H2,1-5H3/t14-,15-,16-/m0/s1. The van der Waals surface area contributed by atoms with Crippen LogP contribution in [0.1, 0.15) is 52.5 Å². The van der Waals surface area contributed by atoms with Gasteiger partial charge in [-0.15, -0.1) is 0 Å². The number of carbonyl (C=O) groups excluding carboxylic acids is 1. The maximum absolute atomic E-state index is 12.7. The van der Waals surface area contributed by atoms with E-state index in [1.807, 2.05) is 45.6 Å². The van der Waals surface area contributed by atoms with Crippen molar-refractivity contribution in [1.29, 1.82) is 0 Å². The number of rotatable bonds is 2. The van der Waals surface area contributed by atoms with Gasteiger partial charge in [-0.3, -0.25) is 4.90 Å². The van der Waals surface area contributed by atoms with Crippen molar-refractivity contribution in [2.24, 2.45) is 5.92 Å². The lowest BCUT2D eigenvalue weighted by Gasteiger charge is -2.35. The van der Waals surface area contributed by atoms with Gasteiger partial charge < -0.3 is 9.47 Å². The molecule has 23 heavy (non-hydrogen) atoms. The van der Waals surface area contributed by atoms with Gasteiger partial charge in [0, 0.05) is 0 Å². The van der Waals surface area contributed by atoms with Crippen molar-refractivity contribution in [2.45, 2.75) is 64.3 Å². The third kappa shape index (κ3) is 3.37. The van der Waals surface area contributed by atoms with E-state index >= 15 is 0 Å². The Balaban J connectivity index is 1.76. The molecule has 1 aliphatic heterocycles. The fourth-order valence-electron chi connectivity index (χ4n) is 3.54. The van der Waals surface area contributed by atoms with Gasteiger partial charge in [0.05, 0.1) is 12.6 Å². The molecule has 0 spiro atoms. The van der Waals surface area contributed by atoms with E-state index in [4.69, 9.17) is 9.47 Å². The lowest BCUT2D eigenvalue weighted by Crippen LogP contribution is -2.50. The predicted octanol–water partition coefficient (Wildman–Crippen LogP) is 4.16. The highest BCUT2D eigenvalue weighted by Gasteiger charge is 2.55. The second kappa shape index (κ2) is 5.52. The zero-order valence-corrected chi connectivity index (χ0v) is 14.7. The average molecular weight is 317 g/mol. The highest BCUT2D eigenvalue weighted by atomic mass is 16.6. The van der Waals surface area contributed by atoms with E-state index < -0.39 is 11.3 Å². The zero-order chi connectivity index (χ0) is 16.8. The minimum Gasteiger partial charge on any atom is -0.444 e. The molecule has 0 radical (unpaired) electrons. The Morgan fingerprint density at radius 2 is 1.91 bits per heavy atom. The minimum absolute atomic E-state index is 0.0880. The molecule has 0 unspecified atom stereocenters. The number of nitrogens with zero attached hydrogens (tertiary/aromatic N) is 1. The van der Waals surface area contributed by atoms with Gasteiger partial charge in [-0.25, -0.2) is 4.79 Å². The Morgan fingerprint density at radius 1 is 1.26 bits per heavy atom. The van der Waals surface area contributed by atoms with Crippen molar-refractivity contribution in [3.63, 3.8) is 0 Å². The van der Waals surface area contributed by atoms with Crippen molar-refractivity contribution in [2.75, 3.05) is 6.61 Å². The van der Waals surface area contributed by atoms with Gasteiger partial charge in [-0.1, -0.05) is 30.3 Å². The third-order valence-electron chi connectivity index (χ3n) is 4.67. The summed E-state index contributed by atoms with van der Waals surface area (Å²) >= 11 is 0. The molecular weight excluding hydrogens is 290 g/mol. The molecule has 4 heteroatoms. The zero-order valence-electron chi connectivity index (χ0n) is 14.7. The van der Waals surface area contributed by atoms with Crippen molar-refractivity contribution >= 4 is 6.09 Å². The molecule has 0 aromatic heterocycles. The van der Waals surface area contributed by atoms with Gasteiger partial charge in [0.1, 0.15) is 11.3 Å². The number of hydrogen-bond donors (Lipinski definition) is 0. The normalized spacial score (nSPS) is 29.4. The van der Waals surface area contributed by atoms with Crippen LogP contribution in [0.25, 0.3) is 0 Å². The molecule has 2 aliphatic rings. The van der Waals surface area contributed by atoms with Gasteiger partial charge in [0.2, 0.25) is 0 Å². The van der Waals surface area contributed by atoms with Crippen LogP contribution in [0, 0.1) is 5.92 Å². The van der Waals surface area contributed by atoms with Crippen LogP contribution in [-0.2, 0) is 9.47 Å². The van der Waals surface area contributed by atoms with Crippen LogP contribution >= 0.6 is 0 Å². The van der Waals surface area contributed by atoms with E-state index in [1.165, 1.54) is 5.56 Å². The van der Waals surface area contributed by atoms with Gasteiger partial charge in [0.15, 0.2) is 0 Å². The van der Waals surface area contributed by atoms with Crippen LogP contribution in [0.3, 0.4) is 0 Å². The second-order valence-corrected chi connectivity index (χ2v) is 8.09. The van der Waals surface area contributed by atoms with Gasteiger partial charge in [-0.2, -0.15) is 0 Å². The monoisotopic (exact) mass is 317 g/mol. The Morgan fingerprint density at radius 3 is 2.52 bits per heavy atom. The SMILES string of the molecule is CC(C)(C)OC(=O)N1[C@H]([C@H]2C[C@H]2c2ccccc2)COC1(C)C. The highest BCUT2D eigenvalue weighted by molar-refractivity contribution is 5.70. The number of benzene rings is 1. The molecule has 3 rings (SSSR count). The Kier molecular flexibility index (Phi) is 3.91. The first-order valence-electron chi connectivity index (χ1n) is 8.40. The maximum atomic E-state index is 12.7. The van der Waals surface area contributed by atoms with Crippen molar-refractivity contribution in [3.05, 3.63) is 35.9 Å². The summed E-state index contributed by atoms with van der Waals surface area (Å²) < 4.78 is 11.5. The van der Waals surface area contributed by atoms with E-state index in [9.17, 15) is 4.79 Å². The Bertz CT molecular complexity index is 576. The largest absolute Gasteiger partial charge is 0.444 e. The summed E-state index contributed by atoms with van der Waals surface area (Å²) in [5, 5.41) is 0. The molecule has 1 aliphatic carbocycles. The third-order valence-corrected chi connectivity index (χ3v) is 4.67. The average Bonchev–Trinajstić information content (AvgIpc) is 3.16. The van der Waals surface area contributed by atoms with Gasteiger partial charge in [0.25, 0.3) is 0 Å². The van der Waals surface area contributed by atoms with E-state index in [1.54, 1.807) is 0 Å². The lowest BCUT2D eigenvalue weighted by molar-refractivity contribution is -0.0632. The number of hydrogen-bond acceptors (Lipinski definition) is 3. The summed E-state index contributed by atoms with van der Waals surface area (Å²) in [6, 6.07) is 10.6. The molecule has 1 aromatic carbocycles. The van der Waals surface area contributed by atoms with Crippen molar-refractivity contribution < 1.29 is 14.3 Å². The van der Waals surface area contributed by atoms with Gasteiger partial charge >= 0.3 is 6.09 Å². The number of ether oxygens (including phenoxy) is 2. The Hall–Kier alpha value is -1.55. The minimum atomic E-state index is -0.614. The van der Waals surface area contributed by atoms with E-state index in [0.29, 0.717) is 18.4 Å². The predicted molar refractivity (Wildman–Crippen MR) is 89.2 cm³/mol. The second-order valence-electron chi connectivity index (χ2n) is 8.09. The van der Waals surface area contributed by atoms with E-state index in [0.717, 1.165) is 6.42 Å². The Labute approximate surface area is 138 Å². The van der Waals surface area contributed by atoms with Crippen LogP contribution < -0.4 is 0 Å². The highest BCUT2D eigenvalue weighted by Crippen LogP contribution is 2.53. The van der Waals surface area contributed by atoms with Crippen LogP contribution in [0.15, 0.2) is 30.3 Å². The fraction of sp³-hybridized carbons (Fsp3) is 0.632. The molecule has 1 saturated carbocycles.